The lowest BCUT2D eigenvalue weighted by molar-refractivity contribution is -0.0545. The van der Waals surface area contributed by atoms with Gasteiger partial charge in [0, 0.05) is 0 Å². The summed E-state index contributed by atoms with van der Waals surface area (Å²) in [7, 11) is 0. The Kier molecular flexibility index (Phi) is 26.8. The van der Waals surface area contributed by atoms with Gasteiger partial charge in [-0.3, -0.25) is 0 Å². The van der Waals surface area contributed by atoms with Crippen LogP contribution >= 0.6 is 0 Å². The summed E-state index contributed by atoms with van der Waals surface area (Å²) < 4.78 is 0. The van der Waals surface area contributed by atoms with Crippen LogP contribution in [-0.2, 0) is 0 Å². The second-order valence-corrected chi connectivity index (χ2v) is 45.6. The lowest BCUT2D eigenvalue weighted by Crippen LogP contribution is -2.45. The van der Waals surface area contributed by atoms with Gasteiger partial charge in [-0.05, 0) is 393 Å². The SMILES string of the molecule is CC1C2CCC(CC2)[C@H]1C.CC1CCC2(CC1)CC(C)(C)CC(C)(C)C2.CC1CCC2(CC1)CCC(C)(C)CC2.CC1CCC2(CCCC2)CC1.CC1CCC2(CCCCC2)CC1.CCC12CC3CC(CC(C3)C1)C2.C[C@@H]1C2CCC(CC2)C1(C)C.C[C@H]1CC2CCC1(C)CC2. The zero-order valence-electron chi connectivity index (χ0n) is 69.0. The maximum absolute atomic E-state index is 2.49. The number of hydrogen-bond acceptors (Lipinski definition) is 0. The van der Waals surface area contributed by atoms with Crippen LogP contribution in [0.1, 0.15) is 459 Å². The first-order chi connectivity index (χ1) is 45.3. The molecule has 4 spiro atoms. The second-order valence-electron chi connectivity index (χ2n) is 45.6. The van der Waals surface area contributed by atoms with Crippen molar-refractivity contribution in [2.24, 2.45) is 149 Å². The summed E-state index contributed by atoms with van der Waals surface area (Å²) in [6.45, 7) is 44.3. The van der Waals surface area contributed by atoms with Crippen LogP contribution in [0.2, 0.25) is 0 Å². The van der Waals surface area contributed by atoms with Crippen molar-refractivity contribution in [3.05, 3.63) is 0 Å². The molecule has 4 atom stereocenters. The van der Waals surface area contributed by atoms with Gasteiger partial charge in [0.15, 0.2) is 0 Å². The summed E-state index contributed by atoms with van der Waals surface area (Å²) in [5.74, 6) is 17.0. The first-order valence-electron chi connectivity index (χ1n) is 45.3. The van der Waals surface area contributed by atoms with Gasteiger partial charge in [0.25, 0.3) is 0 Å². The van der Waals surface area contributed by atoms with Crippen molar-refractivity contribution in [1.82, 2.24) is 0 Å². The lowest BCUT2D eigenvalue weighted by atomic mass is 9.49. The van der Waals surface area contributed by atoms with Crippen molar-refractivity contribution in [1.29, 1.82) is 0 Å². The third kappa shape index (κ3) is 20.5. The molecule has 1 unspecified atom stereocenters. The van der Waals surface area contributed by atoms with Crippen molar-refractivity contribution in [2.45, 2.75) is 459 Å². The molecule has 0 saturated heterocycles. The summed E-state index contributed by atoms with van der Waals surface area (Å²) in [5, 5.41) is 0. The monoisotopic (exact) mass is 1330 g/mol. The Balaban J connectivity index is 0.000000120. The van der Waals surface area contributed by atoms with E-state index in [0.29, 0.717) is 27.1 Å². The molecule has 96 heavy (non-hydrogen) atoms. The van der Waals surface area contributed by atoms with Crippen molar-refractivity contribution >= 4 is 0 Å². The van der Waals surface area contributed by atoms with Crippen LogP contribution in [0.4, 0.5) is 0 Å². The topological polar surface area (TPSA) is 0 Å². The van der Waals surface area contributed by atoms with E-state index in [9.17, 15) is 0 Å². The first-order valence-corrected chi connectivity index (χ1v) is 45.3. The minimum atomic E-state index is 0.572. The molecule has 21 saturated carbocycles. The molecule has 0 nitrogen and oxygen atoms in total. The Bertz CT molecular complexity index is 2150. The molecular formula is C96H174. The largest absolute Gasteiger partial charge is 0.0649 e. The Labute approximate surface area is 603 Å². The van der Waals surface area contributed by atoms with Crippen LogP contribution in [0.25, 0.3) is 0 Å². The van der Waals surface area contributed by atoms with Gasteiger partial charge in [-0.1, -0.05) is 215 Å². The maximum atomic E-state index is 2.49. The molecule has 0 aliphatic heterocycles. The van der Waals surface area contributed by atoms with E-state index in [4.69, 9.17) is 0 Å². The Morgan fingerprint density at radius 2 is 0.625 bits per heavy atom. The van der Waals surface area contributed by atoms with Crippen molar-refractivity contribution in [3.8, 4) is 0 Å². The predicted molar refractivity (Wildman–Crippen MR) is 422 cm³/mol. The smallest absolute Gasteiger partial charge is 0.0287 e. The van der Waals surface area contributed by atoms with E-state index < -0.39 is 0 Å². The summed E-state index contributed by atoms with van der Waals surface area (Å²) in [4.78, 5) is 0. The van der Waals surface area contributed by atoms with E-state index in [-0.39, 0.29) is 0 Å². The van der Waals surface area contributed by atoms with E-state index in [0.717, 1.165) is 122 Å². The molecule has 21 aliphatic carbocycles. The molecule has 0 aromatic heterocycles. The highest BCUT2D eigenvalue weighted by Crippen LogP contribution is 2.63. The molecule has 0 amide bonds. The van der Waals surface area contributed by atoms with E-state index in [1.165, 1.54) is 244 Å². The molecular weight excluding hydrogens is 1150 g/mol. The zero-order chi connectivity index (χ0) is 69.0. The summed E-state index contributed by atoms with van der Waals surface area (Å²) >= 11 is 0. The number of fused-ring (bicyclic) bond motifs is 9. The summed E-state index contributed by atoms with van der Waals surface area (Å²) in [5.41, 5.74) is 7.22. The van der Waals surface area contributed by atoms with Crippen molar-refractivity contribution in [2.75, 3.05) is 0 Å². The average Bonchev–Trinajstić information content (AvgIpc) is 0.773. The molecule has 21 rings (SSSR count). The second kappa shape index (κ2) is 32.8. The van der Waals surface area contributed by atoms with E-state index in [2.05, 4.69) is 125 Å². The van der Waals surface area contributed by atoms with Gasteiger partial charge in [-0.25, -0.2) is 0 Å². The van der Waals surface area contributed by atoms with Crippen LogP contribution in [0.5, 0.6) is 0 Å². The van der Waals surface area contributed by atoms with Gasteiger partial charge in [0.2, 0.25) is 0 Å². The Hall–Kier alpha value is 0. The molecule has 0 N–H and O–H groups in total. The molecule has 10 bridgehead atoms. The molecule has 0 heteroatoms. The zero-order valence-corrected chi connectivity index (χ0v) is 69.0. The highest BCUT2D eigenvalue weighted by Gasteiger charge is 2.52. The van der Waals surface area contributed by atoms with Crippen LogP contribution < -0.4 is 0 Å². The fourth-order valence-corrected chi connectivity index (χ4v) is 28.7. The summed E-state index contributed by atoms with van der Waals surface area (Å²) in [6, 6.07) is 0. The fourth-order valence-electron chi connectivity index (χ4n) is 28.7. The molecule has 558 valence electrons. The van der Waals surface area contributed by atoms with Gasteiger partial charge >= 0.3 is 0 Å². The minimum absolute atomic E-state index is 0.572. The van der Waals surface area contributed by atoms with Crippen LogP contribution in [0.15, 0.2) is 0 Å². The van der Waals surface area contributed by atoms with Crippen molar-refractivity contribution < 1.29 is 0 Å². The third-order valence-electron chi connectivity index (χ3n) is 36.1. The maximum Gasteiger partial charge on any atom is -0.0287 e. The molecule has 0 heterocycles. The van der Waals surface area contributed by atoms with E-state index in [1.54, 1.807) is 89.9 Å². The van der Waals surface area contributed by atoms with Crippen LogP contribution in [0.3, 0.4) is 0 Å². The molecule has 0 aromatic rings. The quantitative estimate of drug-likeness (QED) is 0.245. The summed E-state index contributed by atoms with van der Waals surface area (Å²) in [6.07, 6.45) is 79.3. The first kappa shape index (κ1) is 78.6. The highest BCUT2D eigenvalue weighted by molar-refractivity contribution is 5.03. The van der Waals surface area contributed by atoms with Gasteiger partial charge in [0.05, 0.1) is 0 Å². The average molecular weight is 1330 g/mol. The number of hydrogen-bond donors (Lipinski definition) is 0. The normalized spacial score (nSPS) is 41.8. The van der Waals surface area contributed by atoms with Gasteiger partial charge in [0.1, 0.15) is 0 Å². The van der Waals surface area contributed by atoms with Gasteiger partial charge in [-0.15, -0.1) is 0 Å². The molecule has 21 fully saturated rings. The van der Waals surface area contributed by atoms with Crippen molar-refractivity contribution in [3.63, 3.8) is 0 Å². The van der Waals surface area contributed by atoms with Crippen LogP contribution in [0, 0.1) is 149 Å². The van der Waals surface area contributed by atoms with Gasteiger partial charge in [-0.2, -0.15) is 0 Å². The van der Waals surface area contributed by atoms with Gasteiger partial charge < -0.3 is 0 Å². The van der Waals surface area contributed by atoms with E-state index >= 15 is 0 Å². The number of rotatable bonds is 1. The lowest BCUT2D eigenvalue weighted by Gasteiger charge is -2.56. The Morgan fingerprint density at radius 1 is 0.281 bits per heavy atom. The third-order valence-corrected chi connectivity index (χ3v) is 36.1. The molecule has 0 radical (unpaired) electrons. The Morgan fingerprint density at radius 3 is 0.927 bits per heavy atom. The standard InChI is InChI=1S/C16H30.C14H26.C12H20.C12H22.2C11H20.2C10H18/c1-13-6-8-16(9-7-13)11-14(2,3)10-15(4,5)12-16;1-12-4-6-14(7-5-12)10-8-13(2,3)9-11-14;1-2-12-6-9-3-10(7-12)5-11(4-9)8-12;1-11-5-9-12(10-6-11)7-3-2-4-8-12;1-8-9-4-6-10(7-5-9)11(8,2)3;1-10-4-8-11(9-5-10)6-2-3-7-11;1-8-7-9-3-5-10(8,2)6-4-9;1-7-8(2)10-5-3-9(7)4-6-10/h13H,6-12H2,1-5H3;12H,4-11H2,1-3H3;9-11H,2-8H2,1H3;11H,2-10H2,1H3;8-10H,4-7H2,1-3H3;10H,2-9H2,1H3;8-9H,3-7H2,1-2H3;7-10H,3-6H2,1-2H3/t;;;;8-,9?,10?;;8-,9?,10?;7-,8?,9?,10?/m....1.00/s1. The minimum Gasteiger partial charge on any atom is -0.0649 e. The predicted octanol–water partition coefficient (Wildman–Crippen LogP) is 31.5. The highest BCUT2D eigenvalue weighted by atomic mass is 14.6. The molecule has 0 aromatic carbocycles. The van der Waals surface area contributed by atoms with E-state index in [1.807, 2.05) is 0 Å². The molecule has 21 aliphatic rings. The fraction of sp³-hybridized carbons (Fsp3) is 1.00. The van der Waals surface area contributed by atoms with Crippen LogP contribution in [-0.4, -0.2) is 0 Å².